The van der Waals surface area contributed by atoms with Crippen LogP contribution in [0.1, 0.15) is 83.4 Å². The van der Waals surface area contributed by atoms with E-state index in [1.807, 2.05) is 43.3 Å². The summed E-state index contributed by atoms with van der Waals surface area (Å²) in [5.41, 5.74) is 3.48. The minimum Gasteiger partial charge on any atom is -0.449 e. The van der Waals surface area contributed by atoms with Crippen LogP contribution in [0.2, 0.25) is 0 Å². The van der Waals surface area contributed by atoms with E-state index in [0.717, 1.165) is 30.4 Å². The Bertz CT molecular complexity index is 1310. The van der Waals surface area contributed by atoms with E-state index in [4.69, 9.17) is 9.47 Å². The zero-order valence-corrected chi connectivity index (χ0v) is 23.7. The molecule has 0 radical (unpaired) electrons. The second-order valence-corrected chi connectivity index (χ2v) is 10.4. The molecule has 3 rings (SSSR count). The predicted molar refractivity (Wildman–Crippen MR) is 155 cm³/mol. The van der Waals surface area contributed by atoms with Gasteiger partial charge in [0.15, 0.2) is 0 Å². The van der Waals surface area contributed by atoms with Gasteiger partial charge in [0.25, 0.3) is 0 Å². The summed E-state index contributed by atoms with van der Waals surface area (Å²) < 4.78 is 12.0. The van der Waals surface area contributed by atoms with E-state index in [1.165, 1.54) is 35.6 Å². The summed E-state index contributed by atoms with van der Waals surface area (Å²) >= 11 is 0. The largest absolute Gasteiger partial charge is 0.449 e. The fraction of sp³-hybridized carbons (Fsp3) is 0.406. The first-order chi connectivity index (χ1) is 18.7. The van der Waals surface area contributed by atoms with E-state index >= 15 is 0 Å². The van der Waals surface area contributed by atoms with Crippen molar-refractivity contribution < 1.29 is 19.1 Å². The number of aromatic nitrogens is 2. The van der Waals surface area contributed by atoms with Crippen molar-refractivity contribution in [3.8, 4) is 23.1 Å². The van der Waals surface area contributed by atoms with Gasteiger partial charge in [0.05, 0.1) is 18.5 Å². The number of unbranched alkanes of at least 4 members (excludes halogenated alkanes) is 3. The molecule has 0 unspecified atom stereocenters. The molecule has 0 aliphatic heterocycles. The summed E-state index contributed by atoms with van der Waals surface area (Å²) in [5.74, 6) is 6.46. The van der Waals surface area contributed by atoms with Gasteiger partial charge < -0.3 is 9.47 Å². The molecule has 1 amide bonds. The quantitative estimate of drug-likeness (QED) is 0.226. The Labute approximate surface area is 231 Å². The molecule has 0 aliphatic carbocycles. The summed E-state index contributed by atoms with van der Waals surface area (Å²) in [4.78, 5) is 29.7. The molecule has 0 aliphatic rings. The first-order valence-corrected chi connectivity index (χ1v) is 13.7. The topological polar surface area (TPSA) is 82.5 Å². The first kappa shape index (κ1) is 29.5. The molecule has 0 atom stereocenters. The molecule has 39 heavy (non-hydrogen) atoms. The Kier molecular flexibility index (Phi) is 10.7. The van der Waals surface area contributed by atoms with Crippen molar-refractivity contribution in [3.63, 3.8) is 0 Å². The minimum atomic E-state index is -0.740. The van der Waals surface area contributed by atoms with Gasteiger partial charge in [-0.1, -0.05) is 69.2 Å². The number of aryl methyl sites for hydroxylation is 1. The number of rotatable bonds is 9. The second-order valence-electron chi connectivity index (χ2n) is 10.4. The number of nitrogens with one attached hydrogen (secondary N) is 1. The Morgan fingerprint density at radius 1 is 0.949 bits per heavy atom. The number of ether oxygens (including phenoxy) is 2. The molecule has 0 fully saturated rings. The van der Waals surface area contributed by atoms with E-state index in [0.29, 0.717) is 11.3 Å². The maximum absolute atomic E-state index is 13.2. The number of amides is 1. The standard InChI is InChI=1S/C32H39N3O4/c1-6-8-10-12-24-15-17-25(18-16-24)19-20-26-13-11-14-27(22-26)28-23-33-29(34-30(36)38-21-9-7-2)35(28)31(37)39-32(3,4)5/h11,13-18,22-23H,6-10,12,21H2,1-5H3,(H,33,34,36). The van der Waals surface area contributed by atoms with Gasteiger partial charge in [0.2, 0.25) is 5.95 Å². The molecule has 1 aromatic heterocycles. The van der Waals surface area contributed by atoms with Crippen LogP contribution in [0.15, 0.2) is 54.7 Å². The maximum Gasteiger partial charge on any atom is 0.421 e. The molecule has 3 aromatic rings. The van der Waals surface area contributed by atoms with Crippen molar-refractivity contribution in [3.05, 3.63) is 71.4 Å². The van der Waals surface area contributed by atoms with Crippen LogP contribution in [-0.2, 0) is 15.9 Å². The summed E-state index contributed by atoms with van der Waals surface area (Å²) in [7, 11) is 0. The number of hydrogen-bond donors (Lipinski definition) is 1. The van der Waals surface area contributed by atoms with Crippen LogP contribution in [0.5, 0.6) is 0 Å². The fourth-order valence-corrected chi connectivity index (χ4v) is 3.81. The molecule has 0 spiro atoms. The highest BCUT2D eigenvalue weighted by molar-refractivity contribution is 5.88. The zero-order chi connectivity index (χ0) is 28.3. The van der Waals surface area contributed by atoms with Crippen molar-refractivity contribution in [1.29, 1.82) is 0 Å². The molecule has 1 heterocycles. The highest BCUT2D eigenvalue weighted by Crippen LogP contribution is 2.26. The Morgan fingerprint density at radius 3 is 2.36 bits per heavy atom. The smallest absolute Gasteiger partial charge is 0.421 e. The van der Waals surface area contributed by atoms with Crippen LogP contribution in [-0.4, -0.2) is 33.9 Å². The average Bonchev–Trinajstić information content (AvgIpc) is 3.31. The van der Waals surface area contributed by atoms with E-state index < -0.39 is 17.8 Å². The van der Waals surface area contributed by atoms with E-state index in [-0.39, 0.29) is 12.6 Å². The van der Waals surface area contributed by atoms with Crippen LogP contribution in [0.25, 0.3) is 11.3 Å². The third kappa shape index (κ3) is 9.33. The van der Waals surface area contributed by atoms with Crippen LogP contribution in [0, 0.1) is 11.8 Å². The van der Waals surface area contributed by atoms with Gasteiger partial charge in [-0.2, -0.15) is 0 Å². The van der Waals surface area contributed by atoms with Crippen molar-refractivity contribution >= 4 is 18.1 Å². The normalized spacial score (nSPS) is 10.9. The molecule has 0 saturated heterocycles. The molecule has 0 bridgehead atoms. The van der Waals surface area contributed by atoms with Crippen molar-refractivity contribution in [2.24, 2.45) is 0 Å². The number of anilines is 1. The molecule has 2 aromatic carbocycles. The summed E-state index contributed by atoms with van der Waals surface area (Å²) in [6.07, 6.45) is 6.57. The van der Waals surface area contributed by atoms with Gasteiger partial charge in [0.1, 0.15) is 5.60 Å². The summed E-state index contributed by atoms with van der Waals surface area (Å²) in [6, 6.07) is 15.9. The Hall–Kier alpha value is -4.05. The van der Waals surface area contributed by atoms with E-state index in [2.05, 4.69) is 41.2 Å². The number of carbonyl (C=O) groups is 2. The van der Waals surface area contributed by atoms with E-state index in [9.17, 15) is 9.59 Å². The van der Waals surface area contributed by atoms with Gasteiger partial charge in [0, 0.05) is 16.7 Å². The molecule has 7 nitrogen and oxygen atoms in total. The van der Waals surface area contributed by atoms with Crippen LogP contribution in [0.3, 0.4) is 0 Å². The highest BCUT2D eigenvalue weighted by Gasteiger charge is 2.25. The van der Waals surface area contributed by atoms with Crippen LogP contribution >= 0.6 is 0 Å². The molecule has 1 N–H and O–H groups in total. The second kappa shape index (κ2) is 14.2. The van der Waals surface area contributed by atoms with E-state index in [1.54, 1.807) is 20.8 Å². The van der Waals surface area contributed by atoms with Gasteiger partial charge in [-0.3, -0.25) is 5.32 Å². The lowest BCUT2D eigenvalue weighted by molar-refractivity contribution is 0.0543. The number of carbonyl (C=O) groups excluding carboxylic acids is 2. The molecular weight excluding hydrogens is 490 g/mol. The molecule has 0 saturated carbocycles. The number of nitrogens with zero attached hydrogens (tertiary/aromatic N) is 2. The van der Waals surface area contributed by atoms with Crippen LogP contribution < -0.4 is 5.32 Å². The summed E-state index contributed by atoms with van der Waals surface area (Å²) in [6.45, 7) is 9.84. The van der Waals surface area contributed by atoms with Gasteiger partial charge >= 0.3 is 12.2 Å². The van der Waals surface area contributed by atoms with Crippen molar-refractivity contribution in [1.82, 2.24) is 9.55 Å². The highest BCUT2D eigenvalue weighted by atomic mass is 16.6. The molecule has 206 valence electrons. The number of hydrogen-bond acceptors (Lipinski definition) is 5. The fourth-order valence-electron chi connectivity index (χ4n) is 3.81. The predicted octanol–water partition coefficient (Wildman–Crippen LogP) is 7.81. The van der Waals surface area contributed by atoms with Gasteiger partial charge in [-0.25, -0.2) is 19.1 Å². The van der Waals surface area contributed by atoms with Gasteiger partial charge in [-0.05, 0) is 69.9 Å². The third-order valence-corrected chi connectivity index (χ3v) is 5.82. The number of imidazole rings is 1. The lowest BCUT2D eigenvalue weighted by atomic mass is 10.0. The summed E-state index contributed by atoms with van der Waals surface area (Å²) in [5, 5.41) is 2.57. The monoisotopic (exact) mass is 529 g/mol. The number of benzene rings is 2. The van der Waals surface area contributed by atoms with Crippen molar-refractivity contribution in [2.45, 2.75) is 78.7 Å². The molecular formula is C32H39N3O4. The minimum absolute atomic E-state index is 0.0243. The Morgan fingerprint density at radius 2 is 1.67 bits per heavy atom. The zero-order valence-electron chi connectivity index (χ0n) is 23.7. The SMILES string of the molecule is CCCCCc1ccc(C#Cc2cccc(-c3cnc(NC(=O)OCCCC)n3C(=O)OC(C)(C)C)c2)cc1. The molecule has 7 heteroatoms. The van der Waals surface area contributed by atoms with Crippen LogP contribution in [0.4, 0.5) is 15.5 Å². The average molecular weight is 530 g/mol. The lowest BCUT2D eigenvalue weighted by Gasteiger charge is -2.21. The Balaban J connectivity index is 1.85. The lowest BCUT2D eigenvalue weighted by Crippen LogP contribution is -2.29. The van der Waals surface area contributed by atoms with Crippen molar-refractivity contribution in [2.75, 3.05) is 11.9 Å². The van der Waals surface area contributed by atoms with Gasteiger partial charge in [-0.15, -0.1) is 0 Å². The first-order valence-electron chi connectivity index (χ1n) is 13.7. The third-order valence-electron chi connectivity index (χ3n) is 5.82. The maximum atomic E-state index is 13.2.